The minimum atomic E-state index is 0.699. The maximum absolute atomic E-state index is 4.40. The molecule has 3 nitrogen and oxygen atoms in total. The average Bonchev–Trinajstić information content (AvgIpc) is 2.93. The van der Waals surface area contributed by atoms with E-state index in [1.54, 1.807) is 0 Å². The Morgan fingerprint density at radius 1 is 1.41 bits per heavy atom. The molecule has 3 heteroatoms. The van der Waals surface area contributed by atoms with Crippen molar-refractivity contribution in [2.24, 2.45) is 5.92 Å². The van der Waals surface area contributed by atoms with E-state index in [1.807, 2.05) is 4.68 Å². The lowest BCUT2D eigenvalue weighted by Gasteiger charge is -2.21. The van der Waals surface area contributed by atoms with E-state index in [1.165, 1.54) is 24.8 Å². The topological polar surface area (TPSA) is 29.9 Å². The molecule has 96 valence electrons. The Labute approximate surface area is 105 Å². The van der Waals surface area contributed by atoms with Crippen molar-refractivity contribution in [3.63, 3.8) is 0 Å². The molecule has 1 heterocycles. The Kier molecular flexibility index (Phi) is 4.21. The monoisotopic (exact) mass is 235 g/mol. The maximum atomic E-state index is 4.40. The highest BCUT2D eigenvalue weighted by atomic mass is 15.3. The zero-order chi connectivity index (χ0) is 12.3. The summed E-state index contributed by atoms with van der Waals surface area (Å²) < 4.78 is 2.04. The van der Waals surface area contributed by atoms with E-state index in [-0.39, 0.29) is 0 Å². The van der Waals surface area contributed by atoms with Crippen LogP contribution in [0.15, 0.2) is 12.4 Å². The van der Waals surface area contributed by atoms with E-state index in [2.05, 4.69) is 43.6 Å². The second-order valence-corrected chi connectivity index (χ2v) is 5.23. The van der Waals surface area contributed by atoms with E-state index < -0.39 is 0 Å². The van der Waals surface area contributed by atoms with Crippen LogP contribution in [0.3, 0.4) is 0 Å². The summed E-state index contributed by atoms with van der Waals surface area (Å²) in [5, 5.41) is 8.07. The predicted molar refractivity (Wildman–Crippen MR) is 71.1 cm³/mol. The molecule has 2 rings (SSSR count). The summed E-state index contributed by atoms with van der Waals surface area (Å²) in [6, 6.07) is 0.699. The Bertz CT molecular complexity index is 345. The van der Waals surface area contributed by atoms with Gasteiger partial charge in [-0.3, -0.25) is 4.68 Å². The average molecular weight is 235 g/mol. The van der Waals surface area contributed by atoms with Crippen LogP contribution < -0.4 is 5.32 Å². The van der Waals surface area contributed by atoms with Crippen LogP contribution in [0, 0.1) is 5.92 Å². The molecular weight excluding hydrogens is 210 g/mol. The standard InChI is InChI=1S/C14H25N3/c1-4-8-15-14-7-6-13(11(14)3)12-9-16-17(5-2)10-12/h9-11,13-15H,4-8H2,1-3H3. The molecule has 17 heavy (non-hydrogen) atoms. The van der Waals surface area contributed by atoms with Crippen molar-refractivity contribution in [2.45, 2.75) is 58.5 Å². The van der Waals surface area contributed by atoms with Crippen LogP contribution in [-0.4, -0.2) is 22.4 Å². The number of hydrogen-bond acceptors (Lipinski definition) is 2. The van der Waals surface area contributed by atoms with E-state index in [0.717, 1.165) is 19.0 Å². The summed E-state index contributed by atoms with van der Waals surface area (Å²) in [4.78, 5) is 0. The fourth-order valence-electron chi connectivity index (χ4n) is 3.00. The first-order valence-corrected chi connectivity index (χ1v) is 7.02. The lowest BCUT2D eigenvalue weighted by Crippen LogP contribution is -2.32. The quantitative estimate of drug-likeness (QED) is 0.850. The number of aryl methyl sites for hydroxylation is 1. The summed E-state index contributed by atoms with van der Waals surface area (Å²) >= 11 is 0. The van der Waals surface area contributed by atoms with Crippen LogP contribution >= 0.6 is 0 Å². The zero-order valence-corrected chi connectivity index (χ0v) is 11.3. The third-order valence-corrected chi connectivity index (χ3v) is 4.12. The molecule has 1 aromatic heterocycles. The van der Waals surface area contributed by atoms with Crippen molar-refractivity contribution in [3.05, 3.63) is 18.0 Å². The minimum Gasteiger partial charge on any atom is -0.314 e. The van der Waals surface area contributed by atoms with Gasteiger partial charge in [-0.2, -0.15) is 5.10 Å². The van der Waals surface area contributed by atoms with Gasteiger partial charge < -0.3 is 5.32 Å². The van der Waals surface area contributed by atoms with Gasteiger partial charge in [0.15, 0.2) is 0 Å². The Balaban J connectivity index is 1.98. The van der Waals surface area contributed by atoms with Gasteiger partial charge in [-0.15, -0.1) is 0 Å². The van der Waals surface area contributed by atoms with Gasteiger partial charge in [0.2, 0.25) is 0 Å². The second kappa shape index (κ2) is 5.67. The van der Waals surface area contributed by atoms with Gasteiger partial charge in [-0.25, -0.2) is 0 Å². The summed E-state index contributed by atoms with van der Waals surface area (Å²) in [5.74, 6) is 1.43. The summed E-state index contributed by atoms with van der Waals surface area (Å²) in [5.41, 5.74) is 1.43. The molecule has 3 unspecified atom stereocenters. The molecule has 0 aromatic carbocycles. The fraction of sp³-hybridized carbons (Fsp3) is 0.786. The largest absolute Gasteiger partial charge is 0.314 e. The van der Waals surface area contributed by atoms with Crippen LogP contribution in [0.2, 0.25) is 0 Å². The molecule has 1 fully saturated rings. The van der Waals surface area contributed by atoms with Gasteiger partial charge in [0, 0.05) is 18.8 Å². The number of hydrogen-bond donors (Lipinski definition) is 1. The van der Waals surface area contributed by atoms with Crippen LogP contribution in [0.25, 0.3) is 0 Å². The lowest BCUT2D eigenvalue weighted by atomic mass is 9.91. The molecule has 1 saturated carbocycles. The first-order valence-electron chi connectivity index (χ1n) is 7.02. The second-order valence-electron chi connectivity index (χ2n) is 5.23. The van der Waals surface area contributed by atoms with Gasteiger partial charge in [-0.05, 0) is 50.1 Å². The molecule has 0 aliphatic heterocycles. The number of nitrogens with one attached hydrogen (secondary N) is 1. The zero-order valence-electron chi connectivity index (χ0n) is 11.3. The summed E-state index contributed by atoms with van der Waals surface area (Å²) in [7, 11) is 0. The van der Waals surface area contributed by atoms with Crippen LogP contribution in [-0.2, 0) is 6.54 Å². The van der Waals surface area contributed by atoms with E-state index in [0.29, 0.717) is 12.0 Å². The minimum absolute atomic E-state index is 0.699. The van der Waals surface area contributed by atoms with Crippen LogP contribution in [0.1, 0.15) is 51.5 Å². The Morgan fingerprint density at radius 3 is 2.88 bits per heavy atom. The van der Waals surface area contributed by atoms with Crippen molar-refractivity contribution in [1.82, 2.24) is 15.1 Å². The van der Waals surface area contributed by atoms with E-state index in [9.17, 15) is 0 Å². The molecule has 1 aliphatic carbocycles. The molecule has 1 aliphatic rings. The van der Waals surface area contributed by atoms with Crippen molar-refractivity contribution in [1.29, 1.82) is 0 Å². The van der Waals surface area contributed by atoms with Gasteiger partial charge in [0.05, 0.1) is 6.20 Å². The third-order valence-electron chi connectivity index (χ3n) is 4.12. The first kappa shape index (κ1) is 12.6. The smallest absolute Gasteiger partial charge is 0.0524 e. The molecule has 0 bridgehead atoms. The van der Waals surface area contributed by atoms with Gasteiger partial charge >= 0.3 is 0 Å². The van der Waals surface area contributed by atoms with Gasteiger partial charge in [-0.1, -0.05) is 13.8 Å². The molecule has 0 radical (unpaired) electrons. The molecule has 1 N–H and O–H groups in total. The first-order chi connectivity index (χ1) is 8.26. The van der Waals surface area contributed by atoms with Gasteiger partial charge in [0.25, 0.3) is 0 Å². The molecule has 0 amide bonds. The van der Waals surface area contributed by atoms with Gasteiger partial charge in [0.1, 0.15) is 0 Å². The highest BCUT2D eigenvalue weighted by Gasteiger charge is 2.33. The molecule has 0 saturated heterocycles. The molecule has 1 aromatic rings. The highest BCUT2D eigenvalue weighted by molar-refractivity contribution is 5.16. The van der Waals surface area contributed by atoms with Crippen molar-refractivity contribution in [2.75, 3.05) is 6.54 Å². The number of nitrogens with zero attached hydrogens (tertiary/aromatic N) is 2. The number of aromatic nitrogens is 2. The summed E-state index contributed by atoms with van der Waals surface area (Å²) in [6.07, 6.45) is 8.12. The normalized spacial score (nSPS) is 28.8. The van der Waals surface area contributed by atoms with E-state index in [4.69, 9.17) is 0 Å². The van der Waals surface area contributed by atoms with Crippen molar-refractivity contribution >= 4 is 0 Å². The Morgan fingerprint density at radius 2 is 2.24 bits per heavy atom. The maximum Gasteiger partial charge on any atom is 0.0524 e. The molecule has 0 spiro atoms. The van der Waals surface area contributed by atoms with Crippen molar-refractivity contribution < 1.29 is 0 Å². The van der Waals surface area contributed by atoms with E-state index >= 15 is 0 Å². The molecule has 3 atom stereocenters. The van der Waals surface area contributed by atoms with Crippen molar-refractivity contribution in [3.8, 4) is 0 Å². The highest BCUT2D eigenvalue weighted by Crippen LogP contribution is 2.39. The number of rotatable bonds is 5. The van der Waals surface area contributed by atoms with Crippen LogP contribution in [0.4, 0.5) is 0 Å². The predicted octanol–water partition coefficient (Wildman–Crippen LogP) is 2.78. The SMILES string of the molecule is CCCNC1CCC(c2cnn(CC)c2)C1C. The third kappa shape index (κ3) is 2.71. The Hall–Kier alpha value is -0.830. The fourth-order valence-corrected chi connectivity index (χ4v) is 3.00. The lowest BCUT2D eigenvalue weighted by molar-refractivity contribution is 0.404. The van der Waals surface area contributed by atoms with Crippen LogP contribution in [0.5, 0.6) is 0 Å². The summed E-state index contributed by atoms with van der Waals surface area (Å²) in [6.45, 7) is 8.87. The molecular formula is C14H25N3.